The number of rotatable bonds is 7. The molecule has 1 aliphatic rings. The minimum absolute atomic E-state index is 0.169. The van der Waals surface area contributed by atoms with Crippen molar-refractivity contribution in [3.63, 3.8) is 0 Å². The Bertz CT molecular complexity index is 451. The molecule has 1 aromatic rings. The predicted molar refractivity (Wildman–Crippen MR) is 92.1 cm³/mol. The van der Waals surface area contributed by atoms with E-state index in [1.165, 1.54) is 24.0 Å². The smallest absolute Gasteiger partial charge is 0.0517 e. The van der Waals surface area contributed by atoms with Gasteiger partial charge in [0.25, 0.3) is 0 Å². The average Bonchev–Trinajstić information content (AvgIpc) is 3.02. The zero-order valence-electron chi connectivity index (χ0n) is 13.6. The first-order valence-corrected chi connectivity index (χ1v) is 9.60. The van der Waals surface area contributed by atoms with Gasteiger partial charge in [0.1, 0.15) is 0 Å². The van der Waals surface area contributed by atoms with Crippen LogP contribution in [0.5, 0.6) is 0 Å². The Labute approximate surface area is 132 Å². The van der Waals surface area contributed by atoms with Crippen LogP contribution < -0.4 is 5.32 Å². The molecular formula is C18H29NOS. The molecule has 0 aromatic heterocycles. The van der Waals surface area contributed by atoms with Crippen LogP contribution in [-0.4, -0.2) is 21.3 Å². The molecule has 1 aromatic carbocycles. The van der Waals surface area contributed by atoms with Gasteiger partial charge in [-0.25, -0.2) is 0 Å². The summed E-state index contributed by atoms with van der Waals surface area (Å²) in [5.41, 5.74) is 2.55. The zero-order chi connectivity index (χ0) is 15.2. The molecule has 2 nitrogen and oxygen atoms in total. The molecule has 3 heteroatoms. The van der Waals surface area contributed by atoms with Crippen molar-refractivity contribution < 1.29 is 4.21 Å². The Morgan fingerprint density at radius 2 is 1.86 bits per heavy atom. The normalized spacial score (nSPS) is 20.3. The fraction of sp³-hybridized carbons (Fsp3) is 0.667. The van der Waals surface area contributed by atoms with Crippen molar-refractivity contribution in [2.45, 2.75) is 69.4 Å². The van der Waals surface area contributed by atoms with Crippen LogP contribution in [0.25, 0.3) is 0 Å². The van der Waals surface area contributed by atoms with Crippen LogP contribution in [-0.2, 0) is 10.8 Å². The maximum atomic E-state index is 12.9. The van der Waals surface area contributed by atoms with Gasteiger partial charge in [0.05, 0.1) is 5.25 Å². The van der Waals surface area contributed by atoms with Gasteiger partial charge in [-0.15, -0.1) is 0 Å². The molecule has 0 radical (unpaired) electrons. The number of hydrogen-bond donors (Lipinski definition) is 1. The third-order valence-corrected chi connectivity index (χ3v) is 6.65. The van der Waals surface area contributed by atoms with E-state index in [1.807, 2.05) is 0 Å². The molecular weight excluding hydrogens is 278 g/mol. The number of aryl methyl sites for hydroxylation is 1. The van der Waals surface area contributed by atoms with E-state index in [9.17, 15) is 4.21 Å². The van der Waals surface area contributed by atoms with Crippen molar-refractivity contribution in [2.75, 3.05) is 6.54 Å². The van der Waals surface area contributed by atoms with Gasteiger partial charge in [-0.1, -0.05) is 49.6 Å². The molecule has 2 rings (SSSR count). The van der Waals surface area contributed by atoms with E-state index in [0.29, 0.717) is 5.25 Å². The molecule has 3 atom stereocenters. The first-order chi connectivity index (χ1) is 10.1. The fourth-order valence-electron chi connectivity index (χ4n) is 3.19. The van der Waals surface area contributed by atoms with E-state index in [4.69, 9.17) is 0 Å². The van der Waals surface area contributed by atoms with Crippen molar-refractivity contribution in [1.82, 2.24) is 5.32 Å². The summed E-state index contributed by atoms with van der Waals surface area (Å²) in [4.78, 5) is 0. The fourth-order valence-corrected chi connectivity index (χ4v) is 5.11. The summed E-state index contributed by atoms with van der Waals surface area (Å²) in [5, 5.41) is 4.20. The van der Waals surface area contributed by atoms with E-state index >= 15 is 0 Å². The summed E-state index contributed by atoms with van der Waals surface area (Å²) < 4.78 is 12.9. The lowest BCUT2D eigenvalue weighted by Crippen LogP contribution is -2.36. The Morgan fingerprint density at radius 1 is 1.24 bits per heavy atom. The van der Waals surface area contributed by atoms with Crippen molar-refractivity contribution in [1.29, 1.82) is 0 Å². The van der Waals surface area contributed by atoms with Gasteiger partial charge in [-0.3, -0.25) is 4.21 Å². The molecule has 0 amide bonds. The molecule has 3 unspecified atom stereocenters. The van der Waals surface area contributed by atoms with E-state index in [1.54, 1.807) is 0 Å². The zero-order valence-corrected chi connectivity index (χ0v) is 14.4. The quantitative estimate of drug-likeness (QED) is 0.821. The number of nitrogens with one attached hydrogen (secondary N) is 1. The monoisotopic (exact) mass is 307 g/mol. The molecule has 0 heterocycles. The van der Waals surface area contributed by atoms with Crippen LogP contribution in [0.2, 0.25) is 0 Å². The highest BCUT2D eigenvalue weighted by molar-refractivity contribution is 7.86. The largest absolute Gasteiger partial charge is 0.309 e. The van der Waals surface area contributed by atoms with Gasteiger partial charge in [-0.2, -0.15) is 0 Å². The molecule has 1 N–H and O–H groups in total. The van der Waals surface area contributed by atoms with Gasteiger partial charge >= 0.3 is 0 Å². The van der Waals surface area contributed by atoms with Crippen LogP contribution in [0.3, 0.4) is 0 Å². The lowest BCUT2D eigenvalue weighted by Gasteiger charge is -2.27. The van der Waals surface area contributed by atoms with Crippen LogP contribution >= 0.6 is 0 Å². The molecule has 1 fully saturated rings. The molecule has 1 saturated carbocycles. The molecule has 0 spiro atoms. The third kappa shape index (κ3) is 4.40. The van der Waals surface area contributed by atoms with Gasteiger partial charge in [0, 0.05) is 22.1 Å². The summed E-state index contributed by atoms with van der Waals surface area (Å²) in [6, 6.07) is 8.88. The standard InChI is InChI=1S/C18H29NOS/c1-4-13-19-18(16-11-9-14(2)10-12-16)15(3)21(20)17-7-5-6-8-17/h9-12,15,17-19H,4-8,13H2,1-3H3. The summed E-state index contributed by atoms with van der Waals surface area (Å²) >= 11 is 0. The first kappa shape index (κ1) is 16.7. The maximum Gasteiger partial charge on any atom is 0.0517 e. The highest BCUT2D eigenvalue weighted by Gasteiger charge is 2.30. The second kappa shape index (κ2) is 8.09. The summed E-state index contributed by atoms with van der Waals surface area (Å²) in [5.74, 6) is 0. The van der Waals surface area contributed by atoms with Crippen LogP contribution in [0.4, 0.5) is 0 Å². The highest BCUT2D eigenvalue weighted by atomic mass is 32.2. The SMILES string of the molecule is CCCNC(c1ccc(C)cc1)C(C)S(=O)C1CCCC1. The van der Waals surface area contributed by atoms with E-state index in [-0.39, 0.29) is 11.3 Å². The molecule has 21 heavy (non-hydrogen) atoms. The Kier molecular flexibility index (Phi) is 6.43. The topological polar surface area (TPSA) is 29.1 Å². The van der Waals surface area contributed by atoms with Crippen molar-refractivity contribution in [3.8, 4) is 0 Å². The maximum absolute atomic E-state index is 12.9. The molecule has 0 aliphatic heterocycles. The third-order valence-electron chi connectivity index (χ3n) is 4.52. The minimum atomic E-state index is -0.742. The van der Waals surface area contributed by atoms with Gasteiger partial charge in [0.15, 0.2) is 0 Å². The van der Waals surface area contributed by atoms with E-state index < -0.39 is 10.8 Å². The first-order valence-electron chi connectivity index (χ1n) is 8.32. The van der Waals surface area contributed by atoms with Crippen LogP contribution in [0.1, 0.15) is 63.1 Å². The Hall–Kier alpha value is -0.670. The predicted octanol–water partition coefficient (Wildman–Crippen LogP) is 4.12. The lowest BCUT2D eigenvalue weighted by molar-refractivity contribution is 0.515. The Balaban J connectivity index is 2.13. The van der Waals surface area contributed by atoms with E-state index in [2.05, 4.69) is 50.4 Å². The molecule has 1 aliphatic carbocycles. The van der Waals surface area contributed by atoms with Gasteiger partial charge in [-0.05, 0) is 45.2 Å². The summed E-state index contributed by atoms with van der Waals surface area (Å²) in [6.45, 7) is 7.42. The molecule has 0 bridgehead atoms. The van der Waals surface area contributed by atoms with Crippen molar-refractivity contribution >= 4 is 10.8 Å². The Morgan fingerprint density at radius 3 is 2.43 bits per heavy atom. The van der Waals surface area contributed by atoms with Crippen LogP contribution in [0.15, 0.2) is 24.3 Å². The molecule has 118 valence electrons. The second-order valence-electron chi connectivity index (χ2n) is 6.28. The molecule has 0 saturated heterocycles. The minimum Gasteiger partial charge on any atom is -0.309 e. The van der Waals surface area contributed by atoms with Crippen molar-refractivity contribution in [3.05, 3.63) is 35.4 Å². The highest BCUT2D eigenvalue weighted by Crippen LogP contribution is 2.29. The lowest BCUT2D eigenvalue weighted by atomic mass is 10.0. The van der Waals surface area contributed by atoms with Gasteiger partial charge in [0.2, 0.25) is 0 Å². The number of hydrogen-bond acceptors (Lipinski definition) is 2. The average molecular weight is 308 g/mol. The van der Waals surface area contributed by atoms with Gasteiger partial charge < -0.3 is 5.32 Å². The summed E-state index contributed by atoms with van der Waals surface area (Å²) in [7, 11) is -0.742. The van der Waals surface area contributed by atoms with E-state index in [0.717, 1.165) is 25.8 Å². The second-order valence-corrected chi connectivity index (χ2v) is 8.35. The van der Waals surface area contributed by atoms with Crippen LogP contribution in [0, 0.1) is 6.92 Å². The summed E-state index contributed by atoms with van der Waals surface area (Å²) in [6.07, 6.45) is 5.89. The number of benzene rings is 1. The van der Waals surface area contributed by atoms with Crippen molar-refractivity contribution in [2.24, 2.45) is 0 Å².